The molecule has 0 aliphatic carbocycles. The van der Waals surface area contributed by atoms with Crippen LogP contribution in [0.5, 0.6) is 0 Å². The molecule has 3 heterocycles. The maximum atomic E-state index is 13.8. The van der Waals surface area contributed by atoms with Gasteiger partial charge in [0.25, 0.3) is 5.91 Å². The molecular weight excluding hydrogens is 682 g/mol. The van der Waals surface area contributed by atoms with E-state index in [-0.39, 0.29) is 30.6 Å². The summed E-state index contributed by atoms with van der Waals surface area (Å²) in [5, 5.41) is -0.728. The summed E-state index contributed by atoms with van der Waals surface area (Å²) in [6.07, 6.45) is -7.73. The number of hydrogen-bond donors (Lipinski definition) is 0. The molecule has 3 fully saturated rings. The van der Waals surface area contributed by atoms with Crippen LogP contribution in [-0.4, -0.2) is 95.4 Å². The van der Waals surface area contributed by atoms with Crippen LogP contribution in [0.15, 0.2) is 78.9 Å². The Balaban J connectivity index is 1.11. The molecule has 268 valence electrons. The van der Waals surface area contributed by atoms with E-state index in [9.17, 15) is 35.9 Å². The van der Waals surface area contributed by atoms with E-state index in [1.807, 2.05) is 65.6 Å². The average molecular weight is 721 g/mol. The monoisotopic (exact) mass is 720 g/mol. The van der Waals surface area contributed by atoms with E-state index in [4.69, 9.17) is 11.6 Å². The van der Waals surface area contributed by atoms with Crippen LogP contribution >= 0.6 is 11.6 Å². The van der Waals surface area contributed by atoms with E-state index in [2.05, 4.69) is 9.80 Å². The lowest BCUT2D eigenvalue weighted by atomic mass is 9.90. The Morgan fingerprint density at radius 2 is 1.26 bits per heavy atom. The molecule has 0 radical (unpaired) electrons. The molecule has 50 heavy (non-hydrogen) atoms. The molecule has 3 aromatic rings. The topological polar surface area (TPSA) is 47.1 Å². The first-order chi connectivity index (χ1) is 23.8. The molecule has 0 spiro atoms. The molecule has 0 bridgehead atoms. The second-order valence-corrected chi connectivity index (χ2v) is 13.8. The van der Waals surface area contributed by atoms with E-state index in [1.165, 1.54) is 4.90 Å². The number of rotatable bonds is 7. The van der Waals surface area contributed by atoms with Gasteiger partial charge in [-0.2, -0.15) is 26.3 Å². The van der Waals surface area contributed by atoms with Crippen molar-refractivity contribution >= 4 is 23.4 Å². The summed E-state index contributed by atoms with van der Waals surface area (Å²) in [6, 6.07) is 19.7. The number of benzene rings is 3. The van der Waals surface area contributed by atoms with Crippen molar-refractivity contribution in [1.29, 1.82) is 0 Å². The van der Waals surface area contributed by atoms with Gasteiger partial charge in [-0.25, -0.2) is 0 Å². The number of likely N-dealkylation sites (tertiary alicyclic amines) is 2. The Bertz CT molecular complexity index is 1600. The molecule has 0 saturated carbocycles. The van der Waals surface area contributed by atoms with Crippen molar-refractivity contribution < 1.29 is 35.9 Å². The molecule has 3 aliphatic heterocycles. The van der Waals surface area contributed by atoms with E-state index in [0.29, 0.717) is 44.5 Å². The molecule has 4 unspecified atom stereocenters. The molecule has 2 amide bonds. The van der Waals surface area contributed by atoms with Crippen LogP contribution in [0.25, 0.3) is 0 Å². The van der Waals surface area contributed by atoms with Gasteiger partial charge in [0.05, 0.1) is 11.1 Å². The first kappa shape index (κ1) is 36.2. The fourth-order valence-corrected chi connectivity index (χ4v) is 7.87. The minimum absolute atomic E-state index is 0.0461. The minimum Gasteiger partial charge on any atom is -0.339 e. The highest BCUT2D eigenvalue weighted by Gasteiger charge is 2.41. The van der Waals surface area contributed by atoms with Gasteiger partial charge in [0.15, 0.2) is 0 Å². The van der Waals surface area contributed by atoms with Crippen molar-refractivity contribution in [2.45, 2.75) is 61.5 Å². The average Bonchev–Trinajstić information content (AvgIpc) is 3.61. The summed E-state index contributed by atoms with van der Waals surface area (Å²) in [6.45, 7) is 4.59. The van der Waals surface area contributed by atoms with Gasteiger partial charge >= 0.3 is 12.4 Å². The third-order valence-corrected chi connectivity index (χ3v) is 10.7. The lowest BCUT2D eigenvalue weighted by molar-refractivity contribution is -0.143. The number of piperidine rings is 1. The first-order valence-corrected chi connectivity index (χ1v) is 17.3. The van der Waals surface area contributed by atoms with Gasteiger partial charge in [-0.1, -0.05) is 60.7 Å². The highest BCUT2D eigenvalue weighted by molar-refractivity contribution is 6.30. The zero-order valence-corrected chi connectivity index (χ0v) is 28.1. The van der Waals surface area contributed by atoms with Crippen LogP contribution in [0, 0.1) is 0 Å². The Morgan fingerprint density at radius 1 is 0.720 bits per heavy atom. The number of carbonyl (C=O) groups excluding carboxylic acids is 2. The number of halogens is 7. The molecule has 3 saturated heterocycles. The second-order valence-electron chi connectivity index (χ2n) is 13.4. The van der Waals surface area contributed by atoms with Crippen LogP contribution in [0.2, 0.25) is 0 Å². The van der Waals surface area contributed by atoms with Gasteiger partial charge < -0.3 is 9.80 Å². The molecule has 3 aromatic carbocycles. The summed E-state index contributed by atoms with van der Waals surface area (Å²) < 4.78 is 81.7. The van der Waals surface area contributed by atoms with Crippen LogP contribution in [-0.2, 0) is 23.6 Å². The largest absolute Gasteiger partial charge is 0.416 e. The fourth-order valence-electron chi connectivity index (χ4n) is 7.59. The van der Waals surface area contributed by atoms with Crippen molar-refractivity contribution in [3.05, 3.63) is 107 Å². The number of nitrogens with zero attached hydrogens (tertiary/aromatic N) is 4. The highest BCUT2D eigenvalue weighted by Crippen LogP contribution is 2.37. The van der Waals surface area contributed by atoms with E-state index in [0.717, 1.165) is 43.7 Å². The van der Waals surface area contributed by atoms with Gasteiger partial charge in [0, 0.05) is 69.5 Å². The Hall–Kier alpha value is -3.61. The van der Waals surface area contributed by atoms with Crippen LogP contribution in [0.3, 0.4) is 0 Å². The molecule has 4 atom stereocenters. The number of piperazine rings is 1. The first-order valence-electron chi connectivity index (χ1n) is 16.9. The third kappa shape index (κ3) is 8.29. The lowest BCUT2D eigenvalue weighted by Gasteiger charge is -2.47. The number of amides is 2. The standard InChI is InChI=1S/C37H39ClF6N4O2/c38-33(26-9-5-2-6-10-26)35(50)47-13-11-31(24-47)46-17-15-45(16-18-46)30-12-14-48(32(23-30)19-25-7-3-1-4-8-25)34(49)27-20-28(36(39,40)41)22-29(21-27)37(42,43)44/h1-10,20-22,30-33H,11-19,23-24H2. The van der Waals surface area contributed by atoms with E-state index < -0.39 is 46.4 Å². The molecule has 13 heteroatoms. The second kappa shape index (κ2) is 14.9. The minimum atomic E-state index is -5.05. The zero-order valence-electron chi connectivity index (χ0n) is 27.3. The van der Waals surface area contributed by atoms with Crippen LogP contribution in [0.4, 0.5) is 26.3 Å². The Labute approximate surface area is 292 Å². The maximum Gasteiger partial charge on any atom is 0.416 e. The normalized spacial score (nSPS) is 23.2. The predicted molar refractivity (Wildman–Crippen MR) is 178 cm³/mol. The van der Waals surface area contributed by atoms with Crippen molar-refractivity contribution in [3.63, 3.8) is 0 Å². The lowest BCUT2D eigenvalue weighted by Crippen LogP contribution is -2.58. The van der Waals surface area contributed by atoms with Gasteiger partial charge in [0.1, 0.15) is 5.38 Å². The Morgan fingerprint density at radius 3 is 1.84 bits per heavy atom. The quantitative estimate of drug-likeness (QED) is 0.193. The van der Waals surface area contributed by atoms with E-state index >= 15 is 0 Å². The molecule has 0 aromatic heterocycles. The van der Waals surface area contributed by atoms with Gasteiger partial charge in [-0.15, -0.1) is 11.6 Å². The summed E-state index contributed by atoms with van der Waals surface area (Å²) in [7, 11) is 0. The summed E-state index contributed by atoms with van der Waals surface area (Å²) in [4.78, 5) is 35.0. The summed E-state index contributed by atoms with van der Waals surface area (Å²) in [5.41, 5.74) is -1.93. The number of carbonyl (C=O) groups is 2. The maximum absolute atomic E-state index is 13.8. The summed E-state index contributed by atoms with van der Waals surface area (Å²) in [5.74, 6) is -0.929. The van der Waals surface area contributed by atoms with Crippen molar-refractivity contribution in [3.8, 4) is 0 Å². The predicted octanol–water partition coefficient (Wildman–Crippen LogP) is 7.14. The fraction of sp³-hybridized carbons (Fsp3) is 0.459. The number of alkyl halides is 7. The Kier molecular flexibility index (Phi) is 10.8. The molecule has 0 N–H and O–H groups in total. The van der Waals surface area contributed by atoms with Gasteiger partial charge in [0.2, 0.25) is 5.91 Å². The van der Waals surface area contributed by atoms with Gasteiger partial charge in [-0.05, 0) is 55.0 Å². The zero-order chi connectivity index (χ0) is 35.6. The molecular formula is C37H39ClF6N4O2. The molecule has 6 rings (SSSR count). The SMILES string of the molecule is O=C(C(Cl)c1ccccc1)N1CCC(N2CCN(C3CCN(C(=O)c4cc(C(F)(F)F)cc(C(F)(F)F)c4)C(Cc4ccccc4)C3)CC2)C1. The highest BCUT2D eigenvalue weighted by atomic mass is 35.5. The van der Waals surface area contributed by atoms with Crippen molar-refractivity contribution in [2.75, 3.05) is 45.8 Å². The van der Waals surface area contributed by atoms with E-state index in [1.54, 1.807) is 0 Å². The number of hydrogen-bond acceptors (Lipinski definition) is 4. The third-order valence-electron chi connectivity index (χ3n) is 10.3. The summed E-state index contributed by atoms with van der Waals surface area (Å²) >= 11 is 6.53. The van der Waals surface area contributed by atoms with Crippen LogP contribution < -0.4 is 0 Å². The van der Waals surface area contributed by atoms with Gasteiger partial charge in [-0.3, -0.25) is 19.4 Å². The van der Waals surface area contributed by atoms with Crippen molar-refractivity contribution in [1.82, 2.24) is 19.6 Å². The van der Waals surface area contributed by atoms with Crippen molar-refractivity contribution in [2.24, 2.45) is 0 Å². The smallest absolute Gasteiger partial charge is 0.339 e. The molecule has 6 nitrogen and oxygen atoms in total. The molecule has 3 aliphatic rings. The van der Waals surface area contributed by atoms with Crippen LogP contribution in [0.1, 0.15) is 57.3 Å².